The minimum absolute atomic E-state index is 0.0885. The zero-order valence-electron chi connectivity index (χ0n) is 9.67. The van der Waals surface area contributed by atoms with Crippen molar-refractivity contribution in [2.24, 2.45) is 11.8 Å². The molecule has 0 N–H and O–H groups in total. The molecule has 15 heavy (non-hydrogen) atoms. The van der Waals surface area contributed by atoms with E-state index in [-0.39, 0.29) is 11.7 Å². The van der Waals surface area contributed by atoms with Crippen molar-refractivity contribution in [2.75, 3.05) is 0 Å². The van der Waals surface area contributed by atoms with E-state index < -0.39 is 0 Å². The van der Waals surface area contributed by atoms with Gasteiger partial charge in [-0.1, -0.05) is 42.8 Å². The highest BCUT2D eigenvalue weighted by Crippen LogP contribution is 2.21. The highest BCUT2D eigenvalue weighted by Gasteiger charge is 2.18. The molecule has 0 radical (unpaired) electrons. The lowest BCUT2D eigenvalue weighted by molar-refractivity contribution is 0.0899. The van der Waals surface area contributed by atoms with E-state index in [4.69, 9.17) is 0 Å². The largest absolute Gasteiger partial charge is 0.294 e. The molecule has 0 fully saturated rings. The predicted octanol–water partition coefficient (Wildman–Crippen LogP) is 4.23. The van der Waals surface area contributed by atoms with Gasteiger partial charge in [0.2, 0.25) is 0 Å². The number of halogens is 1. The molecule has 1 aromatic rings. The molecule has 0 aliphatic carbocycles. The van der Waals surface area contributed by atoms with E-state index in [1.807, 2.05) is 32.0 Å². The van der Waals surface area contributed by atoms with Crippen LogP contribution < -0.4 is 0 Å². The maximum absolute atomic E-state index is 12.0. The van der Waals surface area contributed by atoms with Gasteiger partial charge in [0, 0.05) is 16.0 Å². The van der Waals surface area contributed by atoms with Gasteiger partial charge >= 0.3 is 0 Å². The molecule has 1 aromatic carbocycles. The molecule has 0 aromatic heterocycles. The summed E-state index contributed by atoms with van der Waals surface area (Å²) >= 11 is 3.43. The summed E-state index contributed by atoms with van der Waals surface area (Å²) in [7, 11) is 0. The van der Waals surface area contributed by atoms with Gasteiger partial charge < -0.3 is 0 Å². The third kappa shape index (κ3) is 2.91. The van der Waals surface area contributed by atoms with E-state index in [1.165, 1.54) is 0 Å². The van der Waals surface area contributed by atoms with Crippen LogP contribution in [0.3, 0.4) is 0 Å². The van der Waals surface area contributed by atoms with E-state index in [0.29, 0.717) is 5.92 Å². The molecular weight excluding hydrogens is 252 g/mol. The molecule has 0 heterocycles. The van der Waals surface area contributed by atoms with E-state index in [9.17, 15) is 4.79 Å². The van der Waals surface area contributed by atoms with Crippen LogP contribution in [0.5, 0.6) is 0 Å². The van der Waals surface area contributed by atoms with Crippen LogP contribution in [0, 0.1) is 18.8 Å². The van der Waals surface area contributed by atoms with Gasteiger partial charge in [-0.15, -0.1) is 0 Å². The fourth-order valence-corrected chi connectivity index (χ4v) is 1.61. The molecule has 0 spiro atoms. The zero-order chi connectivity index (χ0) is 11.6. The highest BCUT2D eigenvalue weighted by atomic mass is 79.9. The van der Waals surface area contributed by atoms with E-state index >= 15 is 0 Å². The predicted molar refractivity (Wildman–Crippen MR) is 67.2 cm³/mol. The van der Waals surface area contributed by atoms with Crippen LogP contribution in [0.15, 0.2) is 22.7 Å². The van der Waals surface area contributed by atoms with Crippen LogP contribution in [0.1, 0.15) is 36.7 Å². The van der Waals surface area contributed by atoms with Crippen molar-refractivity contribution in [3.05, 3.63) is 33.8 Å². The molecule has 2 heteroatoms. The number of Topliss-reactive ketones (excluding diaryl/α,β-unsaturated/α-hetero) is 1. The third-order valence-electron chi connectivity index (χ3n) is 2.86. The Morgan fingerprint density at radius 3 is 2.33 bits per heavy atom. The molecule has 0 aliphatic rings. The minimum atomic E-state index is 0.0885. The Hall–Kier alpha value is -0.630. The van der Waals surface area contributed by atoms with Gasteiger partial charge in [0.15, 0.2) is 5.78 Å². The Morgan fingerprint density at radius 2 is 1.87 bits per heavy atom. The minimum Gasteiger partial charge on any atom is -0.294 e. The molecule has 0 saturated heterocycles. The highest BCUT2D eigenvalue weighted by molar-refractivity contribution is 9.10. The van der Waals surface area contributed by atoms with Crippen molar-refractivity contribution >= 4 is 21.7 Å². The van der Waals surface area contributed by atoms with Crippen molar-refractivity contribution < 1.29 is 4.79 Å². The lowest BCUT2D eigenvalue weighted by Gasteiger charge is -2.14. The lowest BCUT2D eigenvalue weighted by Crippen LogP contribution is -2.17. The summed E-state index contributed by atoms with van der Waals surface area (Å²) in [6.45, 7) is 8.15. The summed E-state index contributed by atoms with van der Waals surface area (Å²) in [6.07, 6.45) is 0. The van der Waals surface area contributed by atoms with Crippen LogP contribution in [0.25, 0.3) is 0 Å². The molecule has 0 saturated carbocycles. The van der Waals surface area contributed by atoms with Gasteiger partial charge in [-0.25, -0.2) is 0 Å². The molecule has 1 nitrogen and oxygen atoms in total. The lowest BCUT2D eigenvalue weighted by atomic mass is 9.89. The van der Waals surface area contributed by atoms with Crippen molar-refractivity contribution in [1.82, 2.24) is 0 Å². The average Bonchev–Trinajstić information content (AvgIpc) is 2.19. The first kappa shape index (κ1) is 12.4. The van der Waals surface area contributed by atoms with Crippen LogP contribution in [-0.4, -0.2) is 5.78 Å². The van der Waals surface area contributed by atoms with Gasteiger partial charge in [0.1, 0.15) is 0 Å². The Balaban J connectivity index is 2.97. The molecule has 0 aliphatic heterocycles. The maximum Gasteiger partial charge on any atom is 0.165 e. The van der Waals surface area contributed by atoms with Crippen LogP contribution >= 0.6 is 15.9 Å². The first-order valence-electron chi connectivity index (χ1n) is 5.24. The van der Waals surface area contributed by atoms with Crippen molar-refractivity contribution in [3.8, 4) is 0 Å². The summed E-state index contributed by atoms with van der Waals surface area (Å²) in [5.41, 5.74) is 1.92. The number of carbonyl (C=O) groups excluding carboxylic acids is 1. The number of carbonyl (C=O) groups is 1. The standard InChI is InChI=1S/C13H17BrO/c1-8(2)10(4)13(15)11-5-6-12(14)9(3)7-11/h5-8,10H,1-4H3. The van der Waals surface area contributed by atoms with Gasteiger partial charge in [-0.3, -0.25) is 4.79 Å². The first-order valence-corrected chi connectivity index (χ1v) is 6.03. The van der Waals surface area contributed by atoms with Gasteiger partial charge in [-0.2, -0.15) is 0 Å². The van der Waals surface area contributed by atoms with Crippen LogP contribution in [0.4, 0.5) is 0 Å². The zero-order valence-corrected chi connectivity index (χ0v) is 11.3. The second-order valence-corrected chi connectivity index (χ2v) is 5.22. The Morgan fingerprint density at radius 1 is 1.27 bits per heavy atom. The van der Waals surface area contributed by atoms with E-state index in [1.54, 1.807) is 0 Å². The van der Waals surface area contributed by atoms with E-state index in [2.05, 4.69) is 29.8 Å². The fraction of sp³-hybridized carbons (Fsp3) is 0.462. The summed E-state index contributed by atoms with van der Waals surface area (Å²) < 4.78 is 1.05. The quantitative estimate of drug-likeness (QED) is 0.750. The summed E-state index contributed by atoms with van der Waals surface area (Å²) in [4.78, 5) is 12.0. The second kappa shape index (κ2) is 4.93. The second-order valence-electron chi connectivity index (χ2n) is 4.36. The molecule has 0 bridgehead atoms. The van der Waals surface area contributed by atoms with E-state index in [0.717, 1.165) is 15.6 Å². The first-order chi connectivity index (χ1) is 6.93. The van der Waals surface area contributed by atoms with Crippen LogP contribution in [-0.2, 0) is 0 Å². The van der Waals surface area contributed by atoms with Crippen LogP contribution in [0.2, 0.25) is 0 Å². The molecular formula is C13H17BrO. The fourth-order valence-electron chi connectivity index (χ4n) is 1.36. The number of benzene rings is 1. The number of ketones is 1. The summed E-state index contributed by atoms with van der Waals surface area (Å²) in [6, 6.07) is 5.78. The molecule has 1 unspecified atom stereocenters. The van der Waals surface area contributed by atoms with Gasteiger partial charge in [0.25, 0.3) is 0 Å². The van der Waals surface area contributed by atoms with Gasteiger partial charge in [-0.05, 0) is 30.5 Å². The third-order valence-corrected chi connectivity index (χ3v) is 3.75. The van der Waals surface area contributed by atoms with Gasteiger partial charge in [0.05, 0.1) is 0 Å². The van der Waals surface area contributed by atoms with Crippen molar-refractivity contribution in [3.63, 3.8) is 0 Å². The Bertz CT molecular complexity index is 369. The summed E-state index contributed by atoms with van der Waals surface area (Å²) in [5.74, 6) is 0.715. The molecule has 1 rings (SSSR count). The maximum atomic E-state index is 12.0. The summed E-state index contributed by atoms with van der Waals surface area (Å²) in [5, 5.41) is 0. The Labute approximate surface area is 100 Å². The number of aryl methyl sites for hydroxylation is 1. The van der Waals surface area contributed by atoms with Crippen molar-refractivity contribution in [2.45, 2.75) is 27.7 Å². The smallest absolute Gasteiger partial charge is 0.165 e. The number of hydrogen-bond acceptors (Lipinski definition) is 1. The monoisotopic (exact) mass is 268 g/mol. The topological polar surface area (TPSA) is 17.1 Å². The average molecular weight is 269 g/mol. The number of rotatable bonds is 3. The normalized spacial score (nSPS) is 12.9. The Kier molecular flexibility index (Phi) is 4.09. The molecule has 0 amide bonds. The van der Waals surface area contributed by atoms with Crippen molar-refractivity contribution in [1.29, 1.82) is 0 Å². The molecule has 1 atom stereocenters. The SMILES string of the molecule is Cc1cc(C(=O)C(C)C(C)C)ccc1Br. The molecule has 82 valence electrons. The number of hydrogen-bond donors (Lipinski definition) is 0.